The molecule has 0 aliphatic rings. The first-order chi connectivity index (χ1) is 12.4. The van der Waals surface area contributed by atoms with E-state index in [1.807, 2.05) is 6.07 Å². The monoisotopic (exact) mass is 372 g/mol. The fourth-order valence-electron chi connectivity index (χ4n) is 2.38. The van der Waals surface area contributed by atoms with Crippen LogP contribution < -0.4 is 5.32 Å². The van der Waals surface area contributed by atoms with Crippen molar-refractivity contribution in [1.29, 1.82) is 5.26 Å². The van der Waals surface area contributed by atoms with Crippen LogP contribution in [0.3, 0.4) is 0 Å². The summed E-state index contributed by atoms with van der Waals surface area (Å²) in [6, 6.07) is 7.89. The average molecular weight is 372 g/mol. The van der Waals surface area contributed by atoms with E-state index in [4.69, 9.17) is 14.4 Å². The van der Waals surface area contributed by atoms with Crippen LogP contribution in [0.4, 0.5) is 9.39 Å². The Bertz CT molecular complexity index is 1050. The van der Waals surface area contributed by atoms with Gasteiger partial charge in [0.15, 0.2) is 17.5 Å². The van der Waals surface area contributed by atoms with Crippen molar-refractivity contribution in [3.05, 3.63) is 52.3 Å². The Morgan fingerprint density at radius 3 is 2.85 bits per heavy atom. The smallest absolute Gasteiger partial charge is 0.375 e. The Morgan fingerprint density at radius 1 is 1.38 bits per heavy atom. The molecule has 26 heavy (non-hydrogen) atoms. The fraction of sp³-hybridized carbons (Fsp3) is 0.167. The van der Waals surface area contributed by atoms with Crippen molar-refractivity contribution < 1.29 is 23.1 Å². The minimum Gasteiger partial charge on any atom is -0.447 e. The van der Waals surface area contributed by atoms with Crippen molar-refractivity contribution in [3.8, 4) is 6.07 Å². The number of amides is 1. The Balaban J connectivity index is 1.75. The van der Waals surface area contributed by atoms with Gasteiger partial charge in [-0.25, -0.2) is 9.18 Å². The highest BCUT2D eigenvalue weighted by Crippen LogP contribution is 2.28. The second-order valence-corrected chi connectivity index (χ2v) is 6.40. The summed E-state index contributed by atoms with van der Waals surface area (Å²) in [7, 11) is 0. The van der Waals surface area contributed by atoms with Gasteiger partial charge in [-0.3, -0.25) is 4.79 Å². The van der Waals surface area contributed by atoms with Crippen molar-refractivity contribution in [2.75, 3.05) is 5.32 Å². The molecule has 3 aromatic rings. The van der Waals surface area contributed by atoms with Gasteiger partial charge in [-0.1, -0.05) is 12.1 Å². The van der Waals surface area contributed by atoms with Crippen molar-refractivity contribution in [2.24, 2.45) is 0 Å². The first-order valence-electron chi connectivity index (χ1n) is 7.59. The van der Waals surface area contributed by atoms with E-state index < -0.39 is 23.8 Å². The third-order valence-corrected chi connectivity index (χ3v) is 4.61. The van der Waals surface area contributed by atoms with E-state index in [0.29, 0.717) is 21.5 Å². The zero-order valence-electron chi connectivity index (χ0n) is 13.8. The maximum absolute atomic E-state index is 13.8. The molecule has 0 aliphatic carbocycles. The van der Waals surface area contributed by atoms with Gasteiger partial charge in [0.25, 0.3) is 5.91 Å². The van der Waals surface area contributed by atoms with E-state index in [1.54, 1.807) is 24.4 Å². The predicted molar refractivity (Wildman–Crippen MR) is 93.5 cm³/mol. The fourth-order valence-corrected chi connectivity index (χ4v) is 3.12. The first-order valence-corrected chi connectivity index (χ1v) is 8.47. The van der Waals surface area contributed by atoms with Crippen molar-refractivity contribution in [3.63, 3.8) is 0 Å². The molecular formula is C18H13FN2O4S. The number of esters is 1. The highest BCUT2D eigenvalue weighted by molar-refractivity contribution is 7.14. The van der Waals surface area contributed by atoms with E-state index in [2.05, 4.69) is 5.32 Å². The zero-order valence-corrected chi connectivity index (χ0v) is 14.6. The van der Waals surface area contributed by atoms with E-state index in [0.717, 1.165) is 0 Å². The summed E-state index contributed by atoms with van der Waals surface area (Å²) in [6.07, 6.45) is -1.13. The Hall–Kier alpha value is -3.18. The second-order valence-electron chi connectivity index (χ2n) is 5.48. The summed E-state index contributed by atoms with van der Waals surface area (Å²) in [5, 5.41) is 14.0. The van der Waals surface area contributed by atoms with Gasteiger partial charge < -0.3 is 14.5 Å². The minimum absolute atomic E-state index is 0.0358. The first kappa shape index (κ1) is 17.6. The molecule has 0 bridgehead atoms. The zero-order chi connectivity index (χ0) is 18.8. The lowest BCUT2D eigenvalue weighted by atomic mass is 10.1. The summed E-state index contributed by atoms with van der Waals surface area (Å²) in [6.45, 7) is 3.00. The Morgan fingerprint density at radius 2 is 2.15 bits per heavy atom. The third-order valence-electron chi connectivity index (χ3n) is 3.78. The Kier molecular flexibility index (Phi) is 4.73. The number of para-hydroxylation sites is 1. The topological polar surface area (TPSA) is 92.3 Å². The normalized spacial score (nSPS) is 11.8. The molecule has 0 saturated heterocycles. The lowest BCUT2D eigenvalue weighted by molar-refractivity contribution is -0.123. The quantitative estimate of drug-likeness (QED) is 0.699. The summed E-state index contributed by atoms with van der Waals surface area (Å²) >= 11 is 1.19. The SMILES string of the molecule is Cc1c(C(=O)O[C@@H](C)C(=O)Nc2sccc2C#N)oc2c(F)cccc12. The van der Waals surface area contributed by atoms with Crippen LogP contribution in [-0.2, 0) is 9.53 Å². The molecule has 6 nitrogen and oxygen atoms in total. The van der Waals surface area contributed by atoms with Crippen LogP contribution in [-0.4, -0.2) is 18.0 Å². The molecule has 8 heteroatoms. The number of benzene rings is 1. The highest BCUT2D eigenvalue weighted by atomic mass is 32.1. The lowest BCUT2D eigenvalue weighted by Crippen LogP contribution is -2.30. The van der Waals surface area contributed by atoms with E-state index in [9.17, 15) is 14.0 Å². The Labute approximate surface area is 151 Å². The number of fused-ring (bicyclic) bond motifs is 1. The van der Waals surface area contributed by atoms with Gasteiger partial charge >= 0.3 is 5.97 Å². The molecule has 1 aromatic carbocycles. The van der Waals surface area contributed by atoms with Gasteiger partial charge in [0.05, 0.1) is 5.56 Å². The standard InChI is InChI=1S/C18H13FN2O4S/c1-9-12-4-3-5-13(19)15(12)25-14(9)18(23)24-10(2)16(22)21-17-11(8-20)6-7-26-17/h3-7,10H,1-2H3,(H,21,22)/t10-/m0/s1. The lowest BCUT2D eigenvalue weighted by Gasteiger charge is -2.12. The molecule has 1 atom stereocenters. The number of carbonyl (C=O) groups is 2. The van der Waals surface area contributed by atoms with Crippen LogP contribution in [0.15, 0.2) is 34.1 Å². The molecule has 0 fully saturated rings. The number of hydrogen-bond donors (Lipinski definition) is 1. The number of furan rings is 1. The van der Waals surface area contributed by atoms with Crippen LogP contribution in [0.5, 0.6) is 0 Å². The predicted octanol–water partition coefficient (Wildman–Crippen LogP) is 4.00. The molecule has 1 N–H and O–H groups in total. The van der Waals surface area contributed by atoms with E-state index in [1.165, 1.54) is 30.4 Å². The van der Waals surface area contributed by atoms with Crippen molar-refractivity contribution in [1.82, 2.24) is 0 Å². The van der Waals surface area contributed by atoms with Crippen LogP contribution in [0.2, 0.25) is 0 Å². The van der Waals surface area contributed by atoms with Crippen LogP contribution in [0.1, 0.15) is 28.6 Å². The molecule has 0 saturated carbocycles. The van der Waals surface area contributed by atoms with E-state index in [-0.39, 0.29) is 11.3 Å². The average Bonchev–Trinajstić information content (AvgIpc) is 3.20. The molecule has 132 valence electrons. The summed E-state index contributed by atoms with van der Waals surface area (Å²) < 4.78 is 24.2. The number of anilines is 1. The van der Waals surface area contributed by atoms with Gasteiger partial charge in [0, 0.05) is 10.9 Å². The number of aryl methyl sites for hydroxylation is 1. The number of carbonyl (C=O) groups excluding carboxylic acids is 2. The molecule has 0 spiro atoms. The van der Waals surface area contributed by atoms with Crippen LogP contribution >= 0.6 is 11.3 Å². The van der Waals surface area contributed by atoms with Crippen LogP contribution in [0, 0.1) is 24.1 Å². The molecule has 2 aromatic heterocycles. The number of hydrogen-bond acceptors (Lipinski definition) is 6. The van der Waals surface area contributed by atoms with Gasteiger partial charge in [-0.15, -0.1) is 11.3 Å². The maximum Gasteiger partial charge on any atom is 0.375 e. The number of nitrogens with one attached hydrogen (secondary N) is 1. The molecular weight excluding hydrogens is 359 g/mol. The largest absolute Gasteiger partial charge is 0.447 e. The molecule has 3 rings (SSSR count). The number of rotatable bonds is 4. The van der Waals surface area contributed by atoms with E-state index >= 15 is 0 Å². The van der Waals surface area contributed by atoms with Gasteiger partial charge in [0.2, 0.25) is 5.76 Å². The molecule has 0 unspecified atom stereocenters. The molecule has 2 heterocycles. The van der Waals surface area contributed by atoms with Gasteiger partial charge in [-0.2, -0.15) is 5.26 Å². The van der Waals surface area contributed by atoms with Crippen LogP contribution in [0.25, 0.3) is 11.0 Å². The number of nitrogens with zero attached hydrogens (tertiary/aromatic N) is 1. The second kappa shape index (κ2) is 6.98. The number of ether oxygens (including phenoxy) is 1. The third kappa shape index (κ3) is 3.17. The highest BCUT2D eigenvalue weighted by Gasteiger charge is 2.25. The summed E-state index contributed by atoms with van der Waals surface area (Å²) in [5.41, 5.74) is 0.721. The number of halogens is 1. The summed E-state index contributed by atoms with van der Waals surface area (Å²) in [5.74, 6) is -2.19. The summed E-state index contributed by atoms with van der Waals surface area (Å²) in [4.78, 5) is 24.5. The van der Waals surface area contributed by atoms with Gasteiger partial charge in [0.1, 0.15) is 11.1 Å². The van der Waals surface area contributed by atoms with Crippen molar-refractivity contribution >= 4 is 39.2 Å². The maximum atomic E-state index is 13.8. The number of nitriles is 1. The molecule has 0 radical (unpaired) electrons. The number of thiophene rings is 1. The minimum atomic E-state index is -1.13. The van der Waals surface area contributed by atoms with Crippen molar-refractivity contribution in [2.45, 2.75) is 20.0 Å². The molecule has 1 amide bonds. The molecule has 0 aliphatic heterocycles. The van der Waals surface area contributed by atoms with Gasteiger partial charge in [-0.05, 0) is 31.4 Å².